The Morgan fingerprint density at radius 2 is 2.06 bits per heavy atom. The molecule has 0 amide bonds. The first kappa shape index (κ1) is 21.7. The monoisotopic (exact) mass is 536 g/mol. The van der Waals surface area contributed by atoms with Crippen LogP contribution in [-0.2, 0) is 21.5 Å². The second kappa shape index (κ2) is 7.42. The second-order valence-corrected chi connectivity index (χ2v) is 13.2. The SMILES string of the molecule is O=C(O)C[n+]1c(C=C2Sc3ccc(Cl)cc3[N+]23CCC3S(=O)(=O)O)sc2sc(Cl)cc21. The third-order valence-electron chi connectivity index (χ3n) is 5.47. The lowest BCUT2D eigenvalue weighted by Gasteiger charge is -2.47. The number of thiazole rings is 1. The minimum Gasteiger partial charge on any atom is -0.477 e. The van der Waals surface area contributed by atoms with E-state index in [1.165, 1.54) is 34.4 Å². The molecule has 7 nitrogen and oxygen atoms in total. The fourth-order valence-electron chi connectivity index (χ4n) is 4.12. The standard InChI is InChI=1S/C18H12Cl2N2O5S4/c19-9-1-2-12-11(5-9)22(4-3-16(22)31(25,26)27)15(28-12)7-14-21(8-17(23)24)10-6-13(20)29-18(10)30-14/h1-2,5-7,16H,3-4,8H2/p+2. The molecule has 13 heteroatoms. The van der Waals surface area contributed by atoms with Crippen LogP contribution in [0.2, 0.25) is 9.36 Å². The first-order valence-electron chi connectivity index (χ1n) is 8.97. The van der Waals surface area contributed by atoms with Crippen LogP contribution in [0.25, 0.3) is 15.6 Å². The van der Waals surface area contributed by atoms with E-state index < -0.39 is 21.5 Å². The summed E-state index contributed by atoms with van der Waals surface area (Å²) in [5.41, 5.74) is 1.45. The van der Waals surface area contributed by atoms with Crippen molar-refractivity contribution in [2.24, 2.45) is 0 Å². The van der Waals surface area contributed by atoms with Crippen LogP contribution < -0.4 is 9.05 Å². The third-order valence-corrected chi connectivity index (χ3v) is 10.7. The molecule has 4 heterocycles. The predicted octanol–water partition coefficient (Wildman–Crippen LogP) is 4.67. The molecule has 1 aromatic carbocycles. The normalized spacial score (nSPS) is 24.1. The average Bonchev–Trinajstić information content (AvgIpc) is 3.23. The number of carbonyl (C=O) groups is 1. The molecule has 2 unspecified atom stereocenters. The van der Waals surface area contributed by atoms with Gasteiger partial charge in [0, 0.05) is 17.2 Å². The van der Waals surface area contributed by atoms with Crippen molar-refractivity contribution in [3.8, 4) is 0 Å². The van der Waals surface area contributed by atoms with Crippen LogP contribution in [-0.4, -0.2) is 36.0 Å². The van der Waals surface area contributed by atoms with Gasteiger partial charge in [0.15, 0.2) is 14.7 Å². The maximum Gasteiger partial charge on any atom is 0.370 e. The Labute approximate surface area is 199 Å². The highest BCUT2D eigenvalue weighted by Crippen LogP contribution is 2.58. The van der Waals surface area contributed by atoms with Gasteiger partial charge in [-0.05, 0) is 23.9 Å². The number of thioether (sulfide) groups is 1. The van der Waals surface area contributed by atoms with Crippen LogP contribution >= 0.6 is 57.6 Å². The van der Waals surface area contributed by atoms with Gasteiger partial charge in [0.05, 0.1) is 23.9 Å². The summed E-state index contributed by atoms with van der Waals surface area (Å²) in [7, 11) is -4.33. The van der Waals surface area contributed by atoms with Gasteiger partial charge < -0.3 is 5.11 Å². The molecule has 2 atom stereocenters. The fourth-order valence-corrected chi connectivity index (χ4v) is 9.65. The summed E-state index contributed by atoms with van der Waals surface area (Å²) in [6.07, 6.45) is 2.14. The van der Waals surface area contributed by atoms with E-state index in [1.54, 1.807) is 22.8 Å². The third kappa shape index (κ3) is 3.42. The Kier molecular flexibility index (Phi) is 5.18. The molecule has 0 aliphatic carbocycles. The van der Waals surface area contributed by atoms with Gasteiger partial charge in [-0.2, -0.15) is 13.0 Å². The molecule has 2 aliphatic rings. The number of nitrogens with zero attached hydrogens (tertiary/aromatic N) is 2. The van der Waals surface area contributed by atoms with Crippen molar-refractivity contribution in [1.82, 2.24) is 4.48 Å². The van der Waals surface area contributed by atoms with Crippen molar-refractivity contribution >= 4 is 95.0 Å². The average molecular weight is 537 g/mol. The summed E-state index contributed by atoms with van der Waals surface area (Å²) in [5.74, 6) is -0.996. The number of hydrogen-bond acceptors (Lipinski definition) is 6. The van der Waals surface area contributed by atoms with Crippen molar-refractivity contribution < 1.29 is 27.4 Å². The predicted molar refractivity (Wildman–Crippen MR) is 124 cm³/mol. The van der Waals surface area contributed by atoms with Gasteiger partial charge in [0.2, 0.25) is 17.4 Å². The smallest absolute Gasteiger partial charge is 0.370 e. The number of fused-ring (bicyclic) bond motifs is 3. The lowest BCUT2D eigenvalue weighted by Crippen LogP contribution is -2.66. The number of aliphatic carboxylic acids is 1. The molecule has 31 heavy (non-hydrogen) atoms. The van der Waals surface area contributed by atoms with Crippen molar-refractivity contribution in [1.29, 1.82) is 0 Å². The van der Waals surface area contributed by atoms with Gasteiger partial charge in [-0.1, -0.05) is 34.5 Å². The molecule has 0 bridgehead atoms. The highest BCUT2D eigenvalue weighted by Gasteiger charge is 2.62. The number of rotatable bonds is 4. The first-order valence-corrected chi connectivity index (χ1v) is 13.7. The second-order valence-electron chi connectivity index (χ2n) is 7.19. The van der Waals surface area contributed by atoms with Gasteiger partial charge in [0.25, 0.3) is 5.01 Å². The van der Waals surface area contributed by atoms with E-state index >= 15 is 0 Å². The Balaban J connectivity index is 1.71. The lowest BCUT2D eigenvalue weighted by molar-refractivity contribution is -0.657. The summed E-state index contributed by atoms with van der Waals surface area (Å²) < 4.78 is 37.4. The van der Waals surface area contributed by atoms with Crippen LogP contribution in [0.15, 0.2) is 34.2 Å². The minimum absolute atomic E-state index is 0.0429. The van der Waals surface area contributed by atoms with Crippen LogP contribution in [0.5, 0.6) is 0 Å². The van der Waals surface area contributed by atoms with Gasteiger partial charge in [-0.25, -0.2) is 9.28 Å². The summed E-state index contributed by atoms with van der Waals surface area (Å²) in [5, 5.41) is 10.2. The molecule has 2 aromatic heterocycles. The quantitative estimate of drug-likeness (QED) is 0.285. The number of thiophene rings is 1. The molecule has 2 N–H and O–H groups in total. The maximum absolute atomic E-state index is 12.2. The number of aromatic nitrogens is 1. The van der Waals surface area contributed by atoms with Gasteiger partial charge in [-0.15, -0.1) is 11.3 Å². The van der Waals surface area contributed by atoms with Crippen molar-refractivity contribution in [3.05, 3.63) is 43.7 Å². The van der Waals surface area contributed by atoms with Crippen molar-refractivity contribution in [2.45, 2.75) is 23.2 Å². The van der Waals surface area contributed by atoms with E-state index in [1.807, 2.05) is 12.1 Å². The van der Waals surface area contributed by atoms with Gasteiger partial charge >= 0.3 is 16.1 Å². The number of halogens is 2. The summed E-state index contributed by atoms with van der Waals surface area (Å²) >= 11 is 16.5. The van der Waals surface area contributed by atoms with E-state index in [9.17, 15) is 22.9 Å². The zero-order valence-electron chi connectivity index (χ0n) is 15.5. The minimum atomic E-state index is -4.33. The molecule has 2 aliphatic heterocycles. The van der Waals surface area contributed by atoms with Crippen LogP contribution in [0.4, 0.5) is 5.69 Å². The summed E-state index contributed by atoms with van der Waals surface area (Å²) in [6.45, 7) is 0.235. The zero-order chi connectivity index (χ0) is 22.1. The van der Waals surface area contributed by atoms with E-state index in [0.29, 0.717) is 32.4 Å². The number of carboxylic acid groups (broad SMARTS) is 1. The topological polar surface area (TPSA) is 95.5 Å². The lowest BCUT2D eigenvalue weighted by atomic mass is 10.1. The molecule has 5 rings (SSSR count). The van der Waals surface area contributed by atoms with Gasteiger partial charge in [0.1, 0.15) is 4.34 Å². The molecule has 1 saturated heterocycles. The molecule has 1 spiro atoms. The number of carboxylic acids is 1. The Morgan fingerprint density at radius 3 is 2.71 bits per heavy atom. The molecular formula is C18H14Cl2N2O5S4+2. The summed E-state index contributed by atoms with van der Waals surface area (Å²) in [6, 6.07) is 7.04. The molecule has 162 valence electrons. The number of hydrogen-bond donors (Lipinski definition) is 2. The molecule has 1 fully saturated rings. The van der Waals surface area contributed by atoms with Gasteiger partial charge in [-0.3, -0.25) is 4.55 Å². The Bertz CT molecular complexity index is 1400. The van der Waals surface area contributed by atoms with Crippen LogP contribution in [0.1, 0.15) is 11.4 Å². The highest BCUT2D eigenvalue weighted by atomic mass is 35.5. The molecule has 0 radical (unpaired) electrons. The molecular weight excluding hydrogens is 523 g/mol. The van der Waals surface area contributed by atoms with E-state index in [0.717, 1.165) is 20.1 Å². The Hall–Kier alpha value is -1.18. The van der Waals surface area contributed by atoms with Crippen molar-refractivity contribution in [2.75, 3.05) is 6.54 Å². The van der Waals surface area contributed by atoms with E-state index in [2.05, 4.69) is 0 Å². The molecule has 3 aromatic rings. The van der Waals surface area contributed by atoms with E-state index in [4.69, 9.17) is 23.2 Å². The highest BCUT2D eigenvalue weighted by molar-refractivity contribution is 8.03. The van der Waals surface area contributed by atoms with Crippen LogP contribution in [0, 0.1) is 0 Å². The number of quaternary nitrogens is 1. The Morgan fingerprint density at radius 1 is 1.29 bits per heavy atom. The fraction of sp³-hybridized carbons (Fsp3) is 0.222. The first-order chi connectivity index (χ1) is 14.6. The van der Waals surface area contributed by atoms with Crippen molar-refractivity contribution in [3.63, 3.8) is 0 Å². The maximum atomic E-state index is 12.2. The van der Waals surface area contributed by atoms with Crippen LogP contribution in [0.3, 0.4) is 0 Å². The number of benzene rings is 1. The zero-order valence-corrected chi connectivity index (χ0v) is 20.3. The molecule has 0 saturated carbocycles. The summed E-state index contributed by atoms with van der Waals surface area (Å²) in [4.78, 5) is 12.4. The van der Waals surface area contributed by atoms with E-state index in [-0.39, 0.29) is 11.0 Å². The largest absolute Gasteiger partial charge is 0.477 e.